The van der Waals surface area contributed by atoms with Gasteiger partial charge in [0.1, 0.15) is 0 Å². The van der Waals surface area contributed by atoms with Crippen molar-refractivity contribution in [3.63, 3.8) is 0 Å². The third-order valence-corrected chi connectivity index (χ3v) is 5.42. The summed E-state index contributed by atoms with van der Waals surface area (Å²) in [7, 11) is -2.24. The topological polar surface area (TPSA) is 44.8 Å². The number of rotatable bonds is 9. The van der Waals surface area contributed by atoms with E-state index in [1.807, 2.05) is 20.4 Å². The van der Waals surface area contributed by atoms with Crippen molar-refractivity contribution in [1.82, 2.24) is 0 Å². The fourth-order valence-electron chi connectivity index (χ4n) is 1.23. The lowest BCUT2D eigenvalue weighted by molar-refractivity contribution is -0.162. The van der Waals surface area contributed by atoms with Crippen LogP contribution in [-0.4, -0.2) is 27.4 Å². The Morgan fingerprint density at radius 1 is 1.33 bits per heavy atom. The zero-order valence-electron chi connectivity index (χ0n) is 12.2. The molecule has 0 rings (SSSR count). The molecule has 0 spiro atoms. The van der Waals surface area contributed by atoms with E-state index in [-0.39, 0.29) is 0 Å². The van der Waals surface area contributed by atoms with Crippen molar-refractivity contribution in [2.45, 2.75) is 59.4 Å². The SMILES string of the molecule is C=C(C)C(=O)OC(CC)O[Si](C)(CC)OCCC. The normalized spacial score (nSPS) is 15.8. The highest BCUT2D eigenvalue weighted by molar-refractivity contribution is 6.65. The summed E-state index contributed by atoms with van der Waals surface area (Å²) < 4.78 is 16.9. The summed E-state index contributed by atoms with van der Waals surface area (Å²) in [5.41, 5.74) is 0.381. The van der Waals surface area contributed by atoms with Crippen LogP contribution < -0.4 is 0 Å². The molecule has 0 N–H and O–H groups in total. The van der Waals surface area contributed by atoms with Gasteiger partial charge in [-0.3, -0.25) is 0 Å². The molecule has 0 radical (unpaired) electrons. The largest absolute Gasteiger partial charge is 0.433 e. The summed E-state index contributed by atoms with van der Waals surface area (Å²) >= 11 is 0. The average Bonchev–Trinajstić information content (AvgIpc) is 2.35. The molecule has 106 valence electrons. The molecule has 0 bridgehead atoms. The van der Waals surface area contributed by atoms with Crippen LogP contribution in [0.1, 0.15) is 40.5 Å². The van der Waals surface area contributed by atoms with E-state index in [4.69, 9.17) is 13.6 Å². The van der Waals surface area contributed by atoms with Crippen molar-refractivity contribution in [1.29, 1.82) is 0 Å². The number of carbonyl (C=O) groups is 1. The zero-order valence-corrected chi connectivity index (χ0v) is 13.2. The van der Waals surface area contributed by atoms with Crippen LogP contribution in [0.2, 0.25) is 12.6 Å². The quantitative estimate of drug-likeness (QED) is 0.280. The molecule has 0 aliphatic carbocycles. The minimum Gasteiger partial charge on any atom is -0.433 e. The van der Waals surface area contributed by atoms with Gasteiger partial charge >= 0.3 is 14.5 Å². The first-order valence-corrected chi connectivity index (χ1v) is 9.09. The summed E-state index contributed by atoms with van der Waals surface area (Å²) in [6.07, 6.45) is 1.02. The molecule has 0 aromatic rings. The molecule has 0 aliphatic rings. The Labute approximate surface area is 112 Å². The lowest BCUT2D eigenvalue weighted by atomic mass is 10.3. The molecular formula is C13H26O4Si. The van der Waals surface area contributed by atoms with Crippen LogP contribution in [0, 0.1) is 0 Å². The molecule has 18 heavy (non-hydrogen) atoms. The smallest absolute Gasteiger partial charge is 0.337 e. The van der Waals surface area contributed by atoms with E-state index in [1.54, 1.807) is 6.92 Å². The van der Waals surface area contributed by atoms with Crippen LogP contribution in [-0.2, 0) is 18.4 Å². The van der Waals surface area contributed by atoms with Gasteiger partial charge in [-0.1, -0.05) is 27.4 Å². The van der Waals surface area contributed by atoms with Gasteiger partial charge < -0.3 is 13.6 Å². The number of hydrogen-bond acceptors (Lipinski definition) is 4. The Hall–Kier alpha value is -0.653. The number of ether oxygens (including phenoxy) is 1. The third kappa shape index (κ3) is 6.33. The molecule has 4 nitrogen and oxygen atoms in total. The van der Waals surface area contributed by atoms with Crippen molar-refractivity contribution in [3.8, 4) is 0 Å². The molecular weight excluding hydrogens is 248 g/mol. The number of esters is 1. The molecule has 0 saturated carbocycles. The maximum Gasteiger partial charge on any atom is 0.337 e. The predicted molar refractivity (Wildman–Crippen MR) is 74.4 cm³/mol. The first kappa shape index (κ1) is 17.3. The van der Waals surface area contributed by atoms with Crippen molar-refractivity contribution in [3.05, 3.63) is 12.2 Å². The van der Waals surface area contributed by atoms with Gasteiger partial charge in [-0.15, -0.1) is 0 Å². The Morgan fingerprint density at radius 2 is 1.94 bits per heavy atom. The molecule has 0 saturated heterocycles. The number of hydrogen-bond donors (Lipinski definition) is 0. The van der Waals surface area contributed by atoms with E-state index in [2.05, 4.69) is 13.5 Å². The van der Waals surface area contributed by atoms with Gasteiger partial charge in [0.2, 0.25) is 0 Å². The molecule has 0 fully saturated rings. The fourth-order valence-corrected chi connectivity index (χ4v) is 3.07. The maximum absolute atomic E-state index is 11.5. The number of carbonyl (C=O) groups excluding carboxylic acids is 1. The Morgan fingerprint density at radius 3 is 2.33 bits per heavy atom. The molecule has 0 aliphatic heterocycles. The fraction of sp³-hybridized carbons (Fsp3) is 0.769. The van der Waals surface area contributed by atoms with Crippen LogP contribution in [0.4, 0.5) is 0 Å². The lowest BCUT2D eigenvalue weighted by Gasteiger charge is -2.30. The van der Waals surface area contributed by atoms with Crippen LogP contribution in [0.25, 0.3) is 0 Å². The molecule has 0 heterocycles. The summed E-state index contributed by atoms with van der Waals surface area (Å²) in [6.45, 7) is 13.9. The molecule has 2 atom stereocenters. The molecule has 0 amide bonds. The van der Waals surface area contributed by atoms with Crippen molar-refractivity contribution in [2.24, 2.45) is 0 Å². The highest BCUT2D eigenvalue weighted by Gasteiger charge is 2.33. The van der Waals surface area contributed by atoms with E-state index in [0.29, 0.717) is 18.6 Å². The highest BCUT2D eigenvalue weighted by atomic mass is 28.4. The van der Waals surface area contributed by atoms with E-state index in [0.717, 1.165) is 12.5 Å². The zero-order chi connectivity index (χ0) is 14.2. The Balaban J connectivity index is 4.47. The second kappa shape index (κ2) is 8.45. The van der Waals surface area contributed by atoms with E-state index in [1.165, 1.54) is 0 Å². The summed E-state index contributed by atoms with van der Waals surface area (Å²) in [5, 5.41) is 0. The monoisotopic (exact) mass is 274 g/mol. The summed E-state index contributed by atoms with van der Waals surface area (Å²) in [5.74, 6) is -0.412. The van der Waals surface area contributed by atoms with Gasteiger partial charge in [-0.25, -0.2) is 4.79 Å². The maximum atomic E-state index is 11.5. The van der Waals surface area contributed by atoms with Gasteiger partial charge in [0.15, 0.2) is 6.29 Å². The predicted octanol–water partition coefficient (Wildman–Crippen LogP) is 3.38. The van der Waals surface area contributed by atoms with Crippen LogP contribution in [0.3, 0.4) is 0 Å². The van der Waals surface area contributed by atoms with Gasteiger partial charge in [-0.2, -0.15) is 0 Å². The minimum absolute atomic E-state index is 0.381. The van der Waals surface area contributed by atoms with Crippen LogP contribution >= 0.6 is 0 Å². The molecule has 2 unspecified atom stereocenters. The summed E-state index contributed by atoms with van der Waals surface area (Å²) in [6, 6.07) is 0.828. The molecule has 5 heteroatoms. The third-order valence-electron chi connectivity index (χ3n) is 2.55. The Kier molecular flexibility index (Phi) is 8.14. The van der Waals surface area contributed by atoms with Crippen molar-refractivity contribution >= 4 is 14.5 Å². The summed E-state index contributed by atoms with van der Waals surface area (Å²) in [4.78, 5) is 11.5. The second-order valence-electron chi connectivity index (χ2n) is 4.48. The van der Waals surface area contributed by atoms with Crippen molar-refractivity contribution < 1.29 is 18.4 Å². The first-order valence-electron chi connectivity index (χ1n) is 6.56. The van der Waals surface area contributed by atoms with Gasteiger partial charge in [-0.05, 0) is 25.9 Å². The van der Waals surface area contributed by atoms with E-state index >= 15 is 0 Å². The molecule has 0 aromatic carbocycles. The van der Waals surface area contributed by atoms with Gasteiger partial charge in [0.25, 0.3) is 0 Å². The molecule has 0 aromatic heterocycles. The Bertz CT molecular complexity index is 280. The van der Waals surface area contributed by atoms with Crippen LogP contribution in [0.15, 0.2) is 12.2 Å². The van der Waals surface area contributed by atoms with Gasteiger partial charge in [0.05, 0.1) is 0 Å². The lowest BCUT2D eigenvalue weighted by Crippen LogP contribution is -2.43. The van der Waals surface area contributed by atoms with E-state index < -0.39 is 20.8 Å². The first-order chi connectivity index (χ1) is 8.38. The minimum atomic E-state index is -2.24. The second-order valence-corrected chi connectivity index (χ2v) is 7.98. The van der Waals surface area contributed by atoms with E-state index in [9.17, 15) is 4.79 Å². The highest BCUT2D eigenvalue weighted by Crippen LogP contribution is 2.18. The standard InChI is InChI=1S/C13H26O4Si/c1-7-10-15-18(6,9-3)17-12(8-2)16-13(14)11(4)5/h12H,4,7-10H2,1-3,5-6H3. The average molecular weight is 274 g/mol. The van der Waals surface area contributed by atoms with Crippen LogP contribution in [0.5, 0.6) is 0 Å². The van der Waals surface area contributed by atoms with Crippen molar-refractivity contribution in [2.75, 3.05) is 6.61 Å². The van der Waals surface area contributed by atoms with Gasteiger partial charge in [0, 0.05) is 18.6 Å².